The van der Waals surface area contributed by atoms with Crippen LogP contribution in [0.2, 0.25) is 0 Å². The van der Waals surface area contributed by atoms with Crippen molar-refractivity contribution in [2.75, 3.05) is 41.1 Å². The van der Waals surface area contributed by atoms with Crippen molar-refractivity contribution in [2.45, 2.75) is 20.0 Å². The number of esters is 2. The molecule has 168 valence electrons. The summed E-state index contributed by atoms with van der Waals surface area (Å²) in [6, 6.07) is 3.53. The minimum Gasteiger partial charge on any atom is -0.493 e. The lowest BCUT2D eigenvalue weighted by Crippen LogP contribution is -2.41. The third kappa shape index (κ3) is 4.15. The van der Waals surface area contributed by atoms with Gasteiger partial charge in [-0.1, -0.05) is 0 Å². The van der Waals surface area contributed by atoms with E-state index in [-0.39, 0.29) is 18.9 Å². The highest BCUT2D eigenvalue weighted by Gasteiger charge is 2.44. The molecule has 0 spiro atoms. The predicted molar refractivity (Wildman–Crippen MR) is 112 cm³/mol. The van der Waals surface area contributed by atoms with Crippen LogP contribution in [0.5, 0.6) is 17.2 Å². The molecule has 2 unspecified atom stereocenters. The fraction of sp³-hybridized carbons (Fsp3) is 0.476. The summed E-state index contributed by atoms with van der Waals surface area (Å²) in [6.45, 7) is 4.22. The van der Waals surface area contributed by atoms with Gasteiger partial charge in [0.05, 0.1) is 40.2 Å². The van der Waals surface area contributed by atoms with Gasteiger partial charge in [-0.15, -0.1) is 0 Å². The molecule has 0 aliphatic carbocycles. The van der Waals surface area contributed by atoms with Crippen molar-refractivity contribution < 1.29 is 33.3 Å². The molecule has 0 aromatic heterocycles. The number of aliphatic imine (C=N–C) groups is 1. The molecule has 0 amide bonds. The fourth-order valence-corrected chi connectivity index (χ4v) is 3.61. The minimum atomic E-state index is -0.684. The fourth-order valence-electron chi connectivity index (χ4n) is 3.61. The first-order valence-corrected chi connectivity index (χ1v) is 9.95. The lowest BCUT2D eigenvalue weighted by molar-refractivity contribution is -0.148. The van der Waals surface area contributed by atoms with E-state index in [1.165, 1.54) is 21.3 Å². The van der Waals surface area contributed by atoms with Crippen molar-refractivity contribution in [1.29, 1.82) is 0 Å². The molecule has 31 heavy (non-hydrogen) atoms. The summed E-state index contributed by atoms with van der Waals surface area (Å²) in [6.07, 6.45) is 0.912. The molecule has 1 fully saturated rings. The summed E-state index contributed by atoms with van der Waals surface area (Å²) in [7, 11) is 4.56. The number of carbonyl (C=O) groups excluding carboxylic acids is 2. The van der Waals surface area contributed by atoms with Crippen LogP contribution >= 0.6 is 0 Å². The number of benzene rings is 1. The molecule has 1 aromatic rings. The molecule has 1 saturated heterocycles. The number of hydrazine groups is 1. The first-order valence-electron chi connectivity index (χ1n) is 9.95. The molecule has 2 aliphatic rings. The van der Waals surface area contributed by atoms with Crippen LogP contribution in [0.15, 0.2) is 23.2 Å². The first-order chi connectivity index (χ1) is 15.0. The van der Waals surface area contributed by atoms with Gasteiger partial charge in [0.1, 0.15) is 11.6 Å². The quantitative estimate of drug-likeness (QED) is 0.609. The number of carbonyl (C=O) groups is 2. The lowest BCUT2D eigenvalue weighted by atomic mass is 10.0. The molecule has 10 heteroatoms. The SMILES string of the molecule is CCOC(=O)C1=NC2C(C(=O)OCC)CNN2C(c2ccc(OC)c(OC)c2OC)=C1. The Morgan fingerprint density at radius 3 is 2.39 bits per heavy atom. The van der Waals surface area contributed by atoms with E-state index in [9.17, 15) is 9.59 Å². The molecule has 2 atom stereocenters. The van der Waals surface area contributed by atoms with Crippen LogP contribution in [-0.2, 0) is 19.1 Å². The van der Waals surface area contributed by atoms with Crippen molar-refractivity contribution in [3.8, 4) is 17.2 Å². The molecule has 0 bridgehead atoms. The third-order valence-corrected chi connectivity index (χ3v) is 4.96. The van der Waals surface area contributed by atoms with Gasteiger partial charge in [0.25, 0.3) is 0 Å². The lowest BCUT2D eigenvalue weighted by Gasteiger charge is -2.32. The maximum absolute atomic E-state index is 12.5. The van der Waals surface area contributed by atoms with Gasteiger partial charge in [0.2, 0.25) is 5.75 Å². The van der Waals surface area contributed by atoms with Gasteiger partial charge in [-0.2, -0.15) is 0 Å². The summed E-state index contributed by atoms with van der Waals surface area (Å²) in [5.41, 5.74) is 4.49. The van der Waals surface area contributed by atoms with Crippen LogP contribution in [0.4, 0.5) is 0 Å². The van der Waals surface area contributed by atoms with Crippen LogP contribution in [0.1, 0.15) is 19.4 Å². The Morgan fingerprint density at radius 2 is 1.77 bits per heavy atom. The third-order valence-electron chi connectivity index (χ3n) is 4.96. The molecule has 0 saturated carbocycles. The second-order valence-corrected chi connectivity index (χ2v) is 6.65. The molecule has 1 aromatic carbocycles. The van der Waals surface area contributed by atoms with E-state index in [1.807, 2.05) is 0 Å². The Hall–Kier alpha value is -3.27. The van der Waals surface area contributed by atoms with E-state index in [1.54, 1.807) is 37.1 Å². The second kappa shape index (κ2) is 9.69. The number of hydrogen-bond donors (Lipinski definition) is 1. The van der Waals surface area contributed by atoms with Crippen molar-refractivity contribution in [2.24, 2.45) is 10.9 Å². The summed E-state index contributed by atoms with van der Waals surface area (Å²) >= 11 is 0. The van der Waals surface area contributed by atoms with Crippen LogP contribution < -0.4 is 19.6 Å². The topological polar surface area (TPSA) is 108 Å². The monoisotopic (exact) mass is 433 g/mol. The van der Waals surface area contributed by atoms with Gasteiger partial charge in [-0.05, 0) is 32.1 Å². The highest BCUT2D eigenvalue weighted by atomic mass is 16.5. The summed E-state index contributed by atoms with van der Waals surface area (Å²) < 4.78 is 26.8. The van der Waals surface area contributed by atoms with Crippen LogP contribution in [0.3, 0.4) is 0 Å². The first kappa shape index (κ1) is 22.4. The smallest absolute Gasteiger partial charge is 0.356 e. The Balaban J connectivity index is 2.12. The standard InChI is InChI=1S/C21H27N3O7/c1-6-30-20(25)13-11-22-24-15(10-14(23-19(13)24)21(26)31-7-2)12-8-9-16(27-3)18(29-5)17(12)28-4/h8-10,13,19,22H,6-7,11H2,1-5H3. The normalized spacial score (nSPS) is 19.7. The van der Waals surface area contributed by atoms with Crippen molar-refractivity contribution in [1.82, 2.24) is 10.4 Å². The van der Waals surface area contributed by atoms with E-state index in [0.29, 0.717) is 35.1 Å². The van der Waals surface area contributed by atoms with E-state index in [4.69, 9.17) is 23.7 Å². The number of hydrogen-bond acceptors (Lipinski definition) is 10. The van der Waals surface area contributed by atoms with E-state index >= 15 is 0 Å². The Morgan fingerprint density at radius 1 is 1.06 bits per heavy atom. The number of fused-ring (bicyclic) bond motifs is 1. The maximum atomic E-state index is 12.5. The maximum Gasteiger partial charge on any atom is 0.356 e. The van der Waals surface area contributed by atoms with Crippen LogP contribution in [-0.4, -0.2) is 69.9 Å². The average molecular weight is 433 g/mol. The summed E-state index contributed by atoms with van der Waals surface area (Å²) in [5.74, 6) is -0.253. The highest BCUT2D eigenvalue weighted by molar-refractivity contribution is 6.42. The van der Waals surface area contributed by atoms with E-state index < -0.39 is 24.0 Å². The van der Waals surface area contributed by atoms with Gasteiger partial charge >= 0.3 is 11.9 Å². The predicted octanol–water partition coefficient (Wildman–Crippen LogP) is 1.40. The van der Waals surface area contributed by atoms with Gasteiger partial charge in [-0.3, -0.25) is 14.8 Å². The number of methoxy groups -OCH3 is 3. The van der Waals surface area contributed by atoms with Gasteiger partial charge in [0.15, 0.2) is 17.7 Å². The van der Waals surface area contributed by atoms with Gasteiger partial charge in [-0.25, -0.2) is 10.2 Å². The average Bonchev–Trinajstić information content (AvgIpc) is 3.21. The molecular weight excluding hydrogens is 406 g/mol. The Kier molecular flexibility index (Phi) is 7.01. The summed E-state index contributed by atoms with van der Waals surface area (Å²) in [4.78, 5) is 29.5. The number of rotatable bonds is 8. The zero-order valence-corrected chi connectivity index (χ0v) is 18.3. The van der Waals surface area contributed by atoms with Gasteiger partial charge in [0, 0.05) is 12.1 Å². The Bertz CT molecular complexity index is 912. The zero-order chi connectivity index (χ0) is 22.5. The Labute approximate surface area is 180 Å². The molecule has 2 heterocycles. The molecule has 10 nitrogen and oxygen atoms in total. The largest absolute Gasteiger partial charge is 0.493 e. The van der Waals surface area contributed by atoms with Crippen LogP contribution in [0.25, 0.3) is 5.70 Å². The number of nitrogens with one attached hydrogen (secondary N) is 1. The zero-order valence-electron chi connectivity index (χ0n) is 18.3. The van der Waals surface area contributed by atoms with E-state index in [2.05, 4.69) is 10.4 Å². The van der Waals surface area contributed by atoms with E-state index in [0.717, 1.165) is 0 Å². The minimum absolute atomic E-state index is 0.105. The van der Waals surface area contributed by atoms with Crippen molar-refractivity contribution in [3.05, 3.63) is 23.8 Å². The number of ether oxygens (including phenoxy) is 5. The highest BCUT2D eigenvalue weighted by Crippen LogP contribution is 2.44. The van der Waals surface area contributed by atoms with Crippen LogP contribution in [0, 0.1) is 5.92 Å². The number of nitrogens with zero attached hydrogens (tertiary/aromatic N) is 2. The van der Waals surface area contributed by atoms with Gasteiger partial charge < -0.3 is 23.7 Å². The van der Waals surface area contributed by atoms with Crippen molar-refractivity contribution in [3.63, 3.8) is 0 Å². The molecule has 3 rings (SSSR count). The molecule has 0 radical (unpaired) electrons. The molecule has 1 N–H and O–H groups in total. The molecular formula is C21H27N3O7. The second-order valence-electron chi connectivity index (χ2n) is 6.65. The van der Waals surface area contributed by atoms with Crippen molar-refractivity contribution >= 4 is 23.3 Å². The molecule has 2 aliphatic heterocycles. The summed E-state index contributed by atoms with van der Waals surface area (Å²) in [5, 5.41) is 1.73.